The van der Waals surface area contributed by atoms with Crippen LogP contribution in [0.5, 0.6) is 0 Å². The van der Waals surface area contributed by atoms with Crippen LogP contribution in [0.3, 0.4) is 0 Å². The standard InChI is InChI=1S/C14H13BrFN3O/c15-10-4-1-3-9(7-10)8-18-14(20)11-5-2-6-12(16)13(11)19-17/h1-7,19H,8,17H2,(H,18,20). The number of hydrazine groups is 1. The summed E-state index contributed by atoms with van der Waals surface area (Å²) < 4.78 is 14.4. The smallest absolute Gasteiger partial charge is 0.253 e. The molecule has 0 bridgehead atoms. The number of hydrogen-bond donors (Lipinski definition) is 3. The van der Waals surface area contributed by atoms with Crippen LogP contribution in [0.4, 0.5) is 10.1 Å². The highest BCUT2D eigenvalue weighted by molar-refractivity contribution is 9.10. The van der Waals surface area contributed by atoms with Gasteiger partial charge in [-0.05, 0) is 29.8 Å². The lowest BCUT2D eigenvalue weighted by molar-refractivity contribution is 0.0951. The van der Waals surface area contributed by atoms with E-state index in [1.54, 1.807) is 0 Å². The lowest BCUT2D eigenvalue weighted by Gasteiger charge is -2.10. The molecule has 0 fully saturated rings. The van der Waals surface area contributed by atoms with E-state index in [-0.39, 0.29) is 11.3 Å². The maximum Gasteiger partial charge on any atom is 0.253 e. The summed E-state index contributed by atoms with van der Waals surface area (Å²) in [7, 11) is 0. The van der Waals surface area contributed by atoms with E-state index < -0.39 is 11.7 Å². The summed E-state index contributed by atoms with van der Waals surface area (Å²) in [4.78, 5) is 12.0. The minimum absolute atomic E-state index is 0.0146. The van der Waals surface area contributed by atoms with Crippen LogP contribution < -0.4 is 16.6 Å². The summed E-state index contributed by atoms with van der Waals surface area (Å²) in [5, 5.41) is 2.72. The Balaban J connectivity index is 2.11. The topological polar surface area (TPSA) is 67.1 Å². The molecule has 0 aliphatic rings. The first-order chi connectivity index (χ1) is 9.61. The number of hydrogen-bond acceptors (Lipinski definition) is 3. The molecule has 0 heterocycles. The van der Waals surface area contributed by atoms with Crippen molar-refractivity contribution in [2.24, 2.45) is 5.84 Å². The third-order valence-corrected chi connectivity index (χ3v) is 3.24. The van der Waals surface area contributed by atoms with E-state index in [4.69, 9.17) is 5.84 Å². The normalized spacial score (nSPS) is 10.2. The summed E-state index contributed by atoms with van der Waals surface area (Å²) in [5.74, 6) is 4.28. The lowest BCUT2D eigenvalue weighted by atomic mass is 10.1. The summed E-state index contributed by atoms with van der Waals surface area (Å²) >= 11 is 3.36. The molecular formula is C14H13BrFN3O. The zero-order chi connectivity index (χ0) is 14.5. The highest BCUT2D eigenvalue weighted by Crippen LogP contribution is 2.18. The van der Waals surface area contributed by atoms with Crippen molar-refractivity contribution in [1.82, 2.24) is 5.32 Å². The molecule has 0 radical (unpaired) electrons. The minimum atomic E-state index is -0.567. The fourth-order valence-corrected chi connectivity index (χ4v) is 2.23. The maximum atomic E-state index is 13.5. The van der Waals surface area contributed by atoms with Gasteiger partial charge in [0.05, 0.1) is 11.3 Å². The van der Waals surface area contributed by atoms with Gasteiger partial charge >= 0.3 is 0 Å². The predicted octanol–water partition coefficient (Wildman–Crippen LogP) is 2.80. The maximum absolute atomic E-state index is 13.5. The van der Waals surface area contributed by atoms with Crippen LogP contribution in [-0.2, 0) is 6.54 Å². The molecule has 0 saturated carbocycles. The van der Waals surface area contributed by atoms with Gasteiger partial charge in [0.15, 0.2) is 0 Å². The van der Waals surface area contributed by atoms with Gasteiger partial charge in [-0.15, -0.1) is 0 Å². The predicted molar refractivity (Wildman–Crippen MR) is 79.5 cm³/mol. The van der Waals surface area contributed by atoms with Crippen LogP contribution >= 0.6 is 15.9 Å². The number of amides is 1. The average Bonchev–Trinajstić information content (AvgIpc) is 2.44. The third kappa shape index (κ3) is 3.34. The summed E-state index contributed by atoms with van der Waals surface area (Å²) in [5.41, 5.74) is 3.30. The number of nitrogens with one attached hydrogen (secondary N) is 2. The van der Waals surface area contributed by atoms with Gasteiger partial charge < -0.3 is 10.7 Å². The zero-order valence-corrected chi connectivity index (χ0v) is 12.1. The monoisotopic (exact) mass is 337 g/mol. The molecular weight excluding hydrogens is 325 g/mol. The molecule has 4 nitrogen and oxygen atoms in total. The molecule has 6 heteroatoms. The SMILES string of the molecule is NNc1c(F)cccc1C(=O)NCc1cccc(Br)c1. The van der Waals surface area contributed by atoms with E-state index in [1.165, 1.54) is 18.2 Å². The van der Waals surface area contributed by atoms with Crippen molar-refractivity contribution >= 4 is 27.5 Å². The van der Waals surface area contributed by atoms with Crippen LogP contribution in [0.1, 0.15) is 15.9 Å². The van der Waals surface area contributed by atoms with Crippen molar-refractivity contribution in [2.45, 2.75) is 6.54 Å². The van der Waals surface area contributed by atoms with Gasteiger partial charge in [-0.1, -0.05) is 34.1 Å². The molecule has 104 valence electrons. The van der Waals surface area contributed by atoms with Gasteiger partial charge in [0.25, 0.3) is 5.91 Å². The molecule has 20 heavy (non-hydrogen) atoms. The van der Waals surface area contributed by atoms with Gasteiger partial charge in [0.1, 0.15) is 5.82 Å². The molecule has 0 spiro atoms. The Morgan fingerprint density at radius 2 is 2.00 bits per heavy atom. The second-order valence-corrected chi connectivity index (χ2v) is 5.04. The van der Waals surface area contributed by atoms with E-state index in [0.717, 1.165) is 10.0 Å². The molecule has 2 rings (SSSR count). The molecule has 0 aliphatic carbocycles. The van der Waals surface area contributed by atoms with Crippen molar-refractivity contribution in [3.8, 4) is 0 Å². The number of benzene rings is 2. The molecule has 4 N–H and O–H groups in total. The van der Waals surface area contributed by atoms with Crippen LogP contribution in [0, 0.1) is 5.82 Å². The molecule has 0 aliphatic heterocycles. The van der Waals surface area contributed by atoms with Crippen molar-refractivity contribution < 1.29 is 9.18 Å². The Morgan fingerprint density at radius 1 is 1.25 bits per heavy atom. The summed E-state index contributed by atoms with van der Waals surface area (Å²) in [6.07, 6.45) is 0. The number of para-hydroxylation sites is 1. The van der Waals surface area contributed by atoms with Crippen molar-refractivity contribution in [3.05, 3.63) is 63.9 Å². The zero-order valence-electron chi connectivity index (χ0n) is 10.5. The van der Waals surface area contributed by atoms with Crippen LogP contribution in [0.2, 0.25) is 0 Å². The molecule has 2 aromatic carbocycles. The fraction of sp³-hybridized carbons (Fsp3) is 0.0714. The lowest BCUT2D eigenvalue weighted by Crippen LogP contribution is -2.25. The van der Waals surface area contributed by atoms with Gasteiger partial charge in [-0.2, -0.15) is 0 Å². The Kier molecular flexibility index (Phi) is 4.70. The Hall–Kier alpha value is -1.92. The highest BCUT2D eigenvalue weighted by Gasteiger charge is 2.13. The van der Waals surface area contributed by atoms with Crippen molar-refractivity contribution in [3.63, 3.8) is 0 Å². The van der Waals surface area contributed by atoms with E-state index in [9.17, 15) is 9.18 Å². The van der Waals surface area contributed by atoms with Crippen molar-refractivity contribution in [2.75, 3.05) is 5.43 Å². The molecule has 1 amide bonds. The van der Waals surface area contributed by atoms with Gasteiger partial charge in [-0.25, -0.2) is 4.39 Å². The average molecular weight is 338 g/mol. The second kappa shape index (κ2) is 6.49. The highest BCUT2D eigenvalue weighted by atomic mass is 79.9. The third-order valence-electron chi connectivity index (χ3n) is 2.74. The summed E-state index contributed by atoms with van der Waals surface area (Å²) in [6.45, 7) is 0.346. The van der Waals surface area contributed by atoms with Crippen LogP contribution in [-0.4, -0.2) is 5.91 Å². The number of halogens is 2. The molecule has 2 aromatic rings. The first-order valence-electron chi connectivity index (χ1n) is 5.89. The van der Waals surface area contributed by atoms with E-state index in [2.05, 4.69) is 26.7 Å². The number of anilines is 1. The Bertz CT molecular complexity index is 634. The molecule has 0 unspecified atom stereocenters. The second-order valence-electron chi connectivity index (χ2n) is 4.12. The molecule has 0 aromatic heterocycles. The number of carbonyl (C=O) groups excluding carboxylic acids is 1. The van der Waals surface area contributed by atoms with E-state index >= 15 is 0 Å². The number of nitrogens with two attached hydrogens (primary N) is 1. The largest absolute Gasteiger partial charge is 0.348 e. The quantitative estimate of drug-likeness (QED) is 0.593. The fourth-order valence-electron chi connectivity index (χ4n) is 1.78. The van der Waals surface area contributed by atoms with E-state index in [0.29, 0.717) is 6.54 Å². The van der Waals surface area contributed by atoms with E-state index in [1.807, 2.05) is 24.3 Å². The molecule has 0 atom stereocenters. The van der Waals surface area contributed by atoms with Gasteiger partial charge in [0, 0.05) is 11.0 Å². The first-order valence-corrected chi connectivity index (χ1v) is 6.69. The molecule has 0 saturated heterocycles. The summed E-state index contributed by atoms with van der Waals surface area (Å²) in [6, 6.07) is 11.8. The van der Waals surface area contributed by atoms with Crippen LogP contribution in [0.25, 0.3) is 0 Å². The number of nitrogen functional groups attached to an aromatic ring is 1. The number of carbonyl (C=O) groups is 1. The Labute approximate surface area is 124 Å². The Morgan fingerprint density at radius 3 is 2.70 bits per heavy atom. The van der Waals surface area contributed by atoms with Crippen molar-refractivity contribution in [1.29, 1.82) is 0 Å². The minimum Gasteiger partial charge on any atom is -0.348 e. The van der Waals surface area contributed by atoms with Gasteiger partial charge in [-0.3, -0.25) is 10.6 Å². The van der Waals surface area contributed by atoms with Crippen LogP contribution in [0.15, 0.2) is 46.9 Å². The first kappa shape index (κ1) is 14.5. The number of rotatable bonds is 4. The van der Waals surface area contributed by atoms with Gasteiger partial charge in [0.2, 0.25) is 0 Å².